The largest absolute Gasteiger partial charge is 0.395 e. The Morgan fingerprint density at radius 3 is 2.76 bits per heavy atom. The van der Waals surface area contributed by atoms with E-state index in [2.05, 4.69) is 23.2 Å². The molecule has 0 bridgehead atoms. The third-order valence-electron chi connectivity index (χ3n) is 3.20. The number of anilines is 1. The normalized spacial score (nSPS) is 24.4. The Hall–Kier alpha value is -1.57. The lowest BCUT2D eigenvalue weighted by Crippen LogP contribution is -2.56. The summed E-state index contributed by atoms with van der Waals surface area (Å²) in [6.07, 6.45) is 0. The summed E-state index contributed by atoms with van der Waals surface area (Å²) in [4.78, 5) is 2.26. The van der Waals surface area contributed by atoms with Crippen LogP contribution in [0.15, 0.2) is 24.3 Å². The summed E-state index contributed by atoms with van der Waals surface area (Å²) in [7, 11) is 0. The zero-order valence-electron chi connectivity index (χ0n) is 9.93. The van der Waals surface area contributed by atoms with Gasteiger partial charge >= 0.3 is 0 Å². The quantitative estimate of drug-likeness (QED) is 0.787. The van der Waals surface area contributed by atoms with Crippen LogP contribution in [0.2, 0.25) is 0 Å². The minimum atomic E-state index is 0.127. The van der Waals surface area contributed by atoms with Gasteiger partial charge in [-0.25, -0.2) is 0 Å². The summed E-state index contributed by atoms with van der Waals surface area (Å²) in [5.41, 5.74) is 1.78. The molecule has 1 saturated heterocycles. The highest BCUT2D eigenvalue weighted by Gasteiger charge is 2.24. The Morgan fingerprint density at radius 1 is 1.47 bits per heavy atom. The molecule has 90 valence electrons. The van der Waals surface area contributed by atoms with Gasteiger partial charge in [0.25, 0.3) is 0 Å². The lowest BCUT2D eigenvalue weighted by Gasteiger charge is -2.39. The molecule has 0 aliphatic carbocycles. The van der Waals surface area contributed by atoms with E-state index in [0.717, 1.165) is 18.8 Å². The van der Waals surface area contributed by atoms with Gasteiger partial charge in [0.1, 0.15) is 0 Å². The van der Waals surface area contributed by atoms with Crippen LogP contribution in [0.4, 0.5) is 5.69 Å². The van der Waals surface area contributed by atoms with Crippen LogP contribution in [0.3, 0.4) is 0 Å². The zero-order valence-corrected chi connectivity index (χ0v) is 9.93. The molecule has 0 amide bonds. The topological polar surface area (TPSA) is 59.3 Å². The fourth-order valence-electron chi connectivity index (χ4n) is 2.14. The van der Waals surface area contributed by atoms with E-state index >= 15 is 0 Å². The van der Waals surface area contributed by atoms with Crippen molar-refractivity contribution in [1.82, 2.24) is 5.32 Å². The summed E-state index contributed by atoms with van der Waals surface area (Å²) in [6.45, 7) is 3.97. The predicted molar refractivity (Wildman–Crippen MR) is 66.8 cm³/mol. The van der Waals surface area contributed by atoms with Crippen LogP contribution in [0.25, 0.3) is 0 Å². The van der Waals surface area contributed by atoms with Crippen molar-refractivity contribution >= 4 is 5.69 Å². The average Bonchev–Trinajstić information content (AvgIpc) is 2.39. The summed E-state index contributed by atoms with van der Waals surface area (Å²) < 4.78 is 0. The minimum absolute atomic E-state index is 0.127. The number of hydrogen-bond donors (Lipinski definition) is 2. The first-order valence-corrected chi connectivity index (χ1v) is 5.85. The monoisotopic (exact) mass is 231 g/mol. The van der Waals surface area contributed by atoms with E-state index in [1.807, 2.05) is 24.3 Å². The molecule has 2 atom stereocenters. The molecule has 1 fully saturated rings. The van der Waals surface area contributed by atoms with Crippen LogP contribution in [-0.2, 0) is 0 Å². The van der Waals surface area contributed by atoms with E-state index in [1.54, 1.807) is 0 Å². The van der Waals surface area contributed by atoms with E-state index in [0.29, 0.717) is 11.6 Å². The maximum Gasteiger partial charge on any atom is 0.0991 e. The second kappa shape index (κ2) is 5.17. The SMILES string of the molecule is CC1CNC(CO)CN1c1ccc(C#N)cc1. The highest BCUT2D eigenvalue weighted by molar-refractivity contribution is 5.51. The van der Waals surface area contributed by atoms with Crippen LogP contribution in [0, 0.1) is 11.3 Å². The van der Waals surface area contributed by atoms with E-state index < -0.39 is 0 Å². The van der Waals surface area contributed by atoms with Gasteiger partial charge in [-0.2, -0.15) is 5.26 Å². The highest BCUT2D eigenvalue weighted by atomic mass is 16.3. The van der Waals surface area contributed by atoms with Crippen molar-refractivity contribution in [2.45, 2.75) is 19.0 Å². The summed E-state index contributed by atoms with van der Waals surface area (Å²) in [6, 6.07) is 10.2. The molecule has 17 heavy (non-hydrogen) atoms. The standard InChI is InChI=1S/C13H17N3O/c1-10-7-15-12(9-17)8-16(10)13-4-2-11(6-14)3-5-13/h2-5,10,12,15,17H,7-9H2,1H3. The first kappa shape index (κ1) is 11.9. The third kappa shape index (κ3) is 2.57. The van der Waals surface area contributed by atoms with Gasteiger partial charge in [-0.15, -0.1) is 0 Å². The first-order valence-electron chi connectivity index (χ1n) is 5.85. The number of nitrogens with zero attached hydrogens (tertiary/aromatic N) is 2. The second-order valence-corrected chi connectivity index (χ2v) is 4.45. The number of hydrogen-bond acceptors (Lipinski definition) is 4. The fourth-order valence-corrected chi connectivity index (χ4v) is 2.14. The summed E-state index contributed by atoms with van der Waals surface area (Å²) >= 11 is 0. The third-order valence-corrected chi connectivity index (χ3v) is 3.20. The smallest absolute Gasteiger partial charge is 0.0991 e. The number of piperazine rings is 1. The molecule has 2 rings (SSSR count). The van der Waals surface area contributed by atoms with Crippen LogP contribution < -0.4 is 10.2 Å². The van der Waals surface area contributed by atoms with Gasteiger partial charge in [0, 0.05) is 30.9 Å². The number of nitriles is 1. The van der Waals surface area contributed by atoms with E-state index in [-0.39, 0.29) is 12.6 Å². The molecular formula is C13H17N3O. The van der Waals surface area contributed by atoms with Gasteiger partial charge in [-0.05, 0) is 31.2 Å². The molecule has 4 nitrogen and oxygen atoms in total. The molecule has 4 heteroatoms. The molecule has 1 heterocycles. The van der Waals surface area contributed by atoms with E-state index in [9.17, 15) is 5.11 Å². The molecule has 1 aromatic carbocycles. The molecule has 0 radical (unpaired) electrons. The van der Waals surface area contributed by atoms with Crippen molar-refractivity contribution in [2.75, 3.05) is 24.6 Å². The van der Waals surface area contributed by atoms with Gasteiger partial charge in [0.2, 0.25) is 0 Å². The second-order valence-electron chi connectivity index (χ2n) is 4.45. The lowest BCUT2D eigenvalue weighted by atomic mass is 10.1. The first-order chi connectivity index (χ1) is 8.24. The molecule has 1 aromatic rings. The van der Waals surface area contributed by atoms with E-state index in [4.69, 9.17) is 5.26 Å². The lowest BCUT2D eigenvalue weighted by molar-refractivity contribution is 0.227. The number of aliphatic hydroxyl groups excluding tert-OH is 1. The predicted octanol–water partition coefficient (Wildman–Crippen LogP) is 0.717. The molecule has 1 aliphatic rings. The molecule has 0 saturated carbocycles. The Balaban J connectivity index is 2.16. The van der Waals surface area contributed by atoms with Crippen molar-refractivity contribution in [2.24, 2.45) is 0 Å². The molecular weight excluding hydrogens is 214 g/mol. The number of rotatable bonds is 2. The van der Waals surface area contributed by atoms with E-state index in [1.165, 1.54) is 0 Å². The van der Waals surface area contributed by atoms with Crippen molar-refractivity contribution in [3.8, 4) is 6.07 Å². The zero-order chi connectivity index (χ0) is 12.3. The minimum Gasteiger partial charge on any atom is -0.395 e. The van der Waals surface area contributed by atoms with Crippen LogP contribution in [-0.4, -0.2) is 36.9 Å². The van der Waals surface area contributed by atoms with Gasteiger partial charge in [0.05, 0.1) is 18.2 Å². The average molecular weight is 231 g/mol. The van der Waals surface area contributed by atoms with Crippen molar-refractivity contribution in [1.29, 1.82) is 5.26 Å². The number of benzene rings is 1. The maximum atomic E-state index is 9.19. The number of aliphatic hydroxyl groups is 1. The fraction of sp³-hybridized carbons (Fsp3) is 0.462. The highest BCUT2D eigenvalue weighted by Crippen LogP contribution is 2.20. The van der Waals surface area contributed by atoms with Gasteiger partial charge in [0.15, 0.2) is 0 Å². The Morgan fingerprint density at radius 2 is 2.18 bits per heavy atom. The van der Waals surface area contributed by atoms with Crippen LogP contribution in [0.5, 0.6) is 0 Å². The molecule has 2 unspecified atom stereocenters. The molecule has 0 spiro atoms. The summed E-state index contributed by atoms with van der Waals surface area (Å²) in [5, 5.41) is 21.3. The molecule has 2 N–H and O–H groups in total. The van der Waals surface area contributed by atoms with Crippen LogP contribution in [0.1, 0.15) is 12.5 Å². The Kier molecular flexibility index (Phi) is 3.62. The van der Waals surface area contributed by atoms with Gasteiger partial charge in [-0.3, -0.25) is 0 Å². The number of nitrogens with one attached hydrogen (secondary N) is 1. The van der Waals surface area contributed by atoms with Gasteiger partial charge < -0.3 is 15.3 Å². The summed E-state index contributed by atoms with van der Waals surface area (Å²) in [5.74, 6) is 0. The Labute approximate surface area is 101 Å². The van der Waals surface area contributed by atoms with Crippen molar-refractivity contribution in [3.63, 3.8) is 0 Å². The van der Waals surface area contributed by atoms with Crippen molar-refractivity contribution in [3.05, 3.63) is 29.8 Å². The van der Waals surface area contributed by atoms with Crippen molar-refractivity contribution < 1.29 is 5.11 Å². The Bertz CT molecular complexity index is 410. The molecule has 0 aromatic heterocycles. The molecule has 1 aliphatic heterocycles. The van der Waals surface area contributed by atoms with Crippen LogP contribution >= 0.6 is 0 Å². The van der Waals surface area contributed by atoms with Gasteiger partial charge in [-0.1, -0.05) is 0 Å². The maximum absolute atomic E-state index is 9.19.